The van der Waals surface area contributed by atoms with Gasteiger partial charge >= 0.3 is 0 Å². The summed E-state index contributed by atoms with van der Waals surface area (Å²) in [6.45, 7) is 0. The molecule has 88 valence electrons. The van der Waals surface area contributed by atoms with Crippen LogP contribution < -0.4 is 11.1 Å². The largest absolute Gasteiger partial charge is 0.399 e. The number of benzene rings is 1. The van der Waals surface area contributed by atoms with Gasteiger partial charge in [-0.1, -0.05) is 0 Å². The Bertz CT molecular complexity index is 485. The van der Waals surface area contributed by atoms with Gasteiger partial charge in [0.05, 0.1) is 11.9 Å². The zero-order valence-electron chi connectivity index (χ0n) is 8.96. The zero-order valence-corrected chi connectivity index (χ0v) is 9.78. The van der Waals surface area contributed by atoms with Crippen LogP contribution in [0.15, 0.2) is 48.8 Å². The number of amides is 1. The number of carbonyl (C=O) groups excluding carboxylic acids is 1. The number of nitrogens with zero attached hydrogens (tertiary/aromatic N) is 1. The van der Waals surface area contributed by atoms with Gasteiger partial charge in [0, 0.05) is 17.4 Å². The molecule has 0 aliphatic rings. The quantitative estimate of drug-likeness (QED) is 0.803. The van der Waals surface area contributed by atoms with Gasteiger partial charge in [0.25, 0.3) is 5.91 Å². The van der Waals surface area contributed by atoms with Gasteiger partial charge in [-0.2, -0.15) is 0 Å². The minimum atomic E-state index is -0.173. The highest BCUT2D eigenvalue weighted by Crippen LogP contribution is 2.09. The van der Waals surface area contributed by atoms with Gasteiger partial charge < -0.3 is 11.1 Å². The Kier molecular flexibility index (Phi) is 4.48. The van der Waals surface area contributed by atoms with E-state index in [4.69, 9.17) is 5.73 Å². The van der Waals surface area contributed by atoms with Crippen molar-refractivity contribution >= 4 is 29.7 Å². The maximum atomic E-state index is 11.7. The van der Waals surface area contributed by atoms with Gasteiger partial charge in [0.15, 0.2) is 0 Å². The van der Waals surface area contributed by atoms with Crippen LogP contribution in [0.3, 0.4) is 0 Å². The molecule has 0 aliphatic carbocycles. The number of aromatic nitrogens is 1. The van der Waals surface area contributed by atoms with E-state index in [9.17, 15) is 4.79 Å². The van der Waals surface area contributed by atoms with Crippen molar-refractivity contribution in [3.8, 4) is 0 Å². The number of anilines is 2. The Morgan fingerprint density at radius 1 is 1.18 bits per heavy atom. The second-order valence-corrected chi connectivity index (χ2v) is 3.32. The second kappa shape index (κ2) is 5.86. The van der Waals surface area contributed by atoms with Crippen LogP contribution in [-0.2, 0) is 0 Å². The molecule has 0 saturated heterocycles. The molecule has 2 aromatic rings. The van der Waals surface area contributed by atoms with E-state index >= 15 is 0 Å². The zero-order chi connectivity index (χ0) is 11.4. The predicted octanol–water partition coefficient (Wildman–Crippen LogP) is 2.34. The van der Waals surface area contributed by atoms with Gasteiger partial charge in [-0.15, -0.1) is 12.4 Å². The van der Waals surface area contributed by atoms with Crippen molar-refractivity contribution in [2.75, 3.05) is 11.1 Å². The molecule has 0 unspecified atom stereocenters. The van der Waals surface area contributed by atoms with Crippen molar-refractivity contribution in [1.82, 2.24) is 4.98 Å². The molecule has 4 nitrogen and oxygen atoms in total. The summed E-state index contributed by atoms with van der Waals surface area (Å²) in [5.74, 6) is -0.173. The minimum Gasteiger partial charge on any atom is -0.399 e. The molecule has 0 aliphatic heterocycles. The number of hydrogen-bond donors (Lipinski definition) is 2. The van der Waals surface area contributed by atoms with Crippen LogP contribution in [0, 0.1) is 0 Å². The first-order valence-corrected chi connectivity index (χ1v) is 4.82. The molecule has 1 aromatic carbocycles. The average molecular weight is 250 g/mol. The predicted molar refractivity (Wildman–Crippen MR) is 70.3 cm³/mol. The van der Waals surface area contributed by atoms with E-state index in [-0.39, 0.29) is 18.3 Å². The fraction of sp³-hybridized carbons (Fsp3) is 0. The number of rotatable bonds is 2. The van der Waals surface area contributed by atoms with Gasteiger partial charge in [-0.3, -0.25) is 9.78 Å². The third-order valence-corrected chi connectivity index (χ3v) is 2.09. The van der Waals surface area contributed by atoms with Crippen LogP contribution in [0.5, 0.6) is 0 Å². The molecule has 0 bridgehead atoms. The van der Waals surface area contributed by atoms with Gasteiger partial charge in [0.2, 0.25) is 0 Å². The van der Waals surface area contributed by atoms with Crippen LogP contribution in [0.25, 0.3) is 0 Å². The number of carbonyl (C=O) groups is 1. The molecule has 0 saturated carbocycles. The molecule has 5 heteroatoms. The number of nitrogens with two attached hydrogens (primary N) is 1. The summed E-state index contributed by atoms with van der Waals surface area (Å²) >= 11 is 0. The first-order valence-electron chi connectivity index (χ1n) is 4.82. The van der Waals surface area contributed by atoms with Crippen LogP contribution in [-0.4, -0.2) is 10.9 Å². The summed E-state index contributed by atoms with van der Waals surface area (Å²) in [7, 11) is 0. The fourth-order valence-corrected chi connectivity index (χ4v) is 1.27. The van der Waals surface area contributed by atoms with Crippen LogP contribution >= 0.6 is 12.4 Å². The van der Waals surface area contributed by atoms with Crippen molar-refractivity contribution in [1.29, 1.82) is 0 Å². The summed E-state index contributed by atoms with van der Waals surface area (Å²) in [4.78, 5) is 15.7. The monoisotopic (exact) mass is 249 g/mol. The highest BCUT2D eigenvalue weighted by atomic mass is 35.5. The Hall–Kier alpha value is -2.07. The van der Waals surface area contributed by atoms with Crippen LogP contribution in [0.1, 0.15) is 10.4 Å². The van der Waals surface area contributed by atoms with Crippen molar-refractivity contribution in [3.63, 3.8) is 0 Å². The van der Waals surface area contributed by atoms with Gasteiger partial charge in [-0.05, 0) is 36.4 Å². The smallest absolute Gasteiger partial charge is 0.255 e. The van der Waals surface area contributed by atoms with E-state index < -0.39 is 0 Å². The number of nitrogen functional groups attached to an aromatic ring is 1. The SMILES string of the molecule is Cl.Nc1ccc(C(=O)Nc2cccnc2)cc1. The van der Waals surface area contributed by atoms with E-state index in [1.807, 2.05) is 0 Å². The van der Waals surface area contributed by atoms with E-state index in [0.717, 1.165) is 0 Å². The molecule has 17 heavy (non-hydrogen) atoms. The van der Waals surface area contributed by atoms with Crippen LogP contribution in [0.4, 0.5) is 11.4 Å². The average Bonchev–Trinajstić information content (AvgIpc) is 2.31. The van der Waals surface area contributed by atoms with Crippen LogP contribution in [0.2, 0.25) is 0 Å². The third-order valence-electron chi connectivity index (χ3n) is 2.09. The number of hydrogen-bond acceptors (Lipinski definition) is 3. The lowest BCUT2D eigenvalue weighted by Crippen LogP contribution is -2.11. The van der Waals surface area contributed by atoms with E-state index in [0.29, 0.717) is 16.9 Å². The molecule has 0 atom stereocenters. The fourth-order valence-electron chi connectivity index (χ4n) is 1.27. The van der Waals surface area contributed by atoms with E-state index in [2.05, 4.69) is 10.3 Å². The Labute approximate surface area is 105 Å². The molecule has 1 heterocycles. The Morgan fingerprint density at radius 3 is 2.47 bits per heavy atom. The molecular weight excluding hydrogens is 238 g/mol. The van der Waals surface area contributed by atoms with Crippen molar-refractivity contribution in [2.24, 2.45) is 0 Å². The number of nitrogens with one attached hydrogen (secondary N) is 1. The molecule has 0 fully saturated rings. The molecule has 1 amide bonds. The summed E-state index contributed by atoms with van der Waals surface area (Å²) < 4.78 is 0. The summed E-state index contributed by atoms with van der Waals surface area (Å²) in [6.07, 6.45) is 3.24. The minimum absolute atomic E-state index is 0. The Morgan fingerprint density at radius 2 is 1.88 bits per heavy atom. The first kappa shape index (κ1) is 13.0. The van der Waals surface area contributed by atoms with Gasteiger partial charge in [-0.25, -0.2) is 0 Å². The molecule has 0 radical (unpaired) electrons. The van der Waals surface area contributed by atoms with Crippen molar-refractivity contribution < 1.29 is 4.79 Å². The highest BCUT2D eigenvalue weighted by molar-refractivity contribution is 6.04. The summed E-state index contributed by atoms with van der Waals surface area (Å²) in [6, 6.07) is 10.3. The maximum Gasteiger partial charge on any atom is 0.255 e. The van der Waals surface area contributed by atoms with E-state index in [1.54, 1.807) is 48.8 Å². The standard InChI is InChI=1S/C12H11N3O.ClH/c13-10-5-3-9(4-6-10)12(16)15-11-2-1-7-14-8-11;/h1-8H,13H2,(H,15,16);1H. The lowest BCUT2D eigenvalue weighted by molar-refractivity contribution is 0.102. The topological polar surface area (TPSA) is 68.0 Å². The summed E-state index contributed by atoms with van der Waals surface area (Å²) in [5.41, 5.74) is 7.41. The normalized spacial score (nSPS) is 9.18. The lowest BCUT2D eigenvalue weighted by atomic mass is 10.2. The van der Waals surface area contributed by atoms with Crippen molar-refractivity contribution in [3.05, 3.63) is 54.4 Å². The lowest BCUT2D eigenvalue weighted by Gasteiger charge is -2.04. The number of halogens is 1. The molecule has 3 N–H and O–H groups in total. The highest BCUT2D eigenvalue weighted by Gasteiger charge is 2.04. The Balaban J connectivity index is 0.00000144. The third kappa shape index (κ3) is 3.46. The molecular formula is C12H12ClN3O. The van der Waals surface area contributed by atoms with Crippen molar-refractivity contribution in [2.45, 2.75) is 0 Å². The summed E-state index contributed by atoms with van der Waals surface area (Å²) in [5, 5.41) is 2.74. The van der Waals surface area contributed by atoms with Gasteiger partial charge in [0.1, 0.15) is 0 Å². The molecule has 0 spiro atoms. The molecule has 2 rings (SSSR count). The maximum absolute atomic E-state index is 11.7. The second-order valence-electron chi connectivity index (χ2n) is 3.32. The molecule has 1 aromatic heterocycles. The van der Waals surface area contributed by atoms with E-state index in [1.165, 1.54) is 0 Å². The number of pyridine rings is 1. The first-order chi connectivity index (χ1) is 7.75.